The van der Waals surface area contributed by atoms with Gasteiger partial charge in [-0.3, -0.25) is 0 Å². The van der Waals surface area contributed by atoms with Gasteiger partial charge >= 0.3 is 12.1 Å². The maximum Gasteiger partial charge on any atom is 0.416 e. The molecule has 4 aromatic rings. The van der Waals surface area contributed by atoms with Crippen LogP contribution in [0.4, 0.5) is 13.2 Å². The van der Waals surface area contributed by atoms with Crippen LogP contribution in [0.1, 0.15) is 39.2 Å². The molecule has 2 aromatic heterocycles. The van der Waals surface area contributed by atoms with Gasteiger partial charge in [-0.2, -0.15) is 13.2 Å². The van der Waals surface area contributed by atoms with Crippen molar-refractivity contribution in [2.45, 2.75) is 26.4 Å². The summed E-state index contributed by atoms with van der Waals surface area (Å²) >= 11 is 1.46. The Labute approximate surface area is 180 Å². The molecule has 0 atom stereocenters. The summed E-state index contributed by atoms with van der Waals surface area (Å²) in [5, 5.41) is 0.929. The molecule has 0 N–H and O–H groups in total. The van der Waals surface area contributed by atoms with E-state index in [1.807, 2.05) is 24.3 Å². The number of thiophene rings is 1. The number of rotatable bonds is 5. The van der Waals surface area contributed by atoms with E-state index < -0.39 is 17.7 Å². The lowest BCUT2D eigenvalue weighted by atomic mass is 10.1. The fourth-order valence-corrected chi connectivity index (χ4v) is 4.53. The molecule has 0 aliphatic carbocycles. The van der Waals surface area contributed by atoms with Gasteiger partial charge in [0.25, 0.3) is 0 Å². The highest BCUT2D eigenvalue weighted by Crippen LogP contribution is 2.37. The van der Waals surface area contributed by atoms with Crippen LogP contribution in [-0.4, -0.2) is 17.6 Å². The van der Waals surface area contributed by atoms with E-state index in [1.165, 1.54) is 23.5 Å². The molecule has 0 saturated carbocycles. The Kier molecular flexibility index (Phi) is 5.58. The maximum absolute atomic E-state index is 13.0. The Hall–Kier alpha value is -3.13. The highest BCUT2D eigenvalue weighted by atomic mass is 32.1. The third-order valence-corrected chi connectivity index (χ3v) is 5.90. The van der Waals surface area contributed by atoms with Gasteiger partial charge in [-0.1, -0.05) is 30.3 Å². The minimum Gasteiger partial charge on any atom is -0.460 e. The maximum atomic E-state index is 13.0. The predicted octanol–water partition coefficient (Wildman–Crippen LogP) is 6.65. The number of carbonyl (C=O) groups excluding carboxylic acids is 1. The number of hydrogen-bond donors (Lipinski definition) is 0. The Morgan fingerprint density at radius 1 is 1.16 bits per heavy atom. The van der Waals surface area contributed by atoms with Crippen molar-refractivity contribution in [3.8, 4) is 11.5 Å². The first-order valence-electron chi connectivity index (χ1n) is 9.58. The molecule has 0 radical (unpaired) electrons. The number of nitrogens with zero attached hydrogens (tertiary/aromatic N) is 1. The third-order valence-electron chi connectivity index (χ3n) is 4.72. The lowest BCUT2D eigenvalue weighted by molar-refractivity contribution is -0.137. The van der Waals surface area contributed by atoms with Crippen molar-refractivity contribution in [2.24, 2.45) is 0 Å². The van der Waals surface area contributed by atoms with E-state index in [0.29, 0.717) is 23.6 Å². The smallest absolute Gasteiger partial charge is 0.416 e. The predicted molar refractivity (Wildman–Crippen MR) is 112 cm³/mol. The first kappa shape index (κ1) is 21.1. The van der Waals surface area contributed by atoms with Gasteiger partial charge in [0, 0.05) is 16.0 Å². The molecule has 4 rings (SSSR count). The van der Waals surface area contributed by atoms with Crippen LogP contribution in [0.3, 0.4) is 0 Å². The zero-order valence-electron chi connectivity index (χ0n) is 16.7. The second kappa shape index (κ2) is 8.19. The second-order valence-corrected chi connectivity index (χ2v) is 8.10. The minimum absolute atomic E-state index is 0.0644. The van der Waals surface area contributed by atoms with E-state index in [2.05, 4.69) is 4.98 Å². The molecular formula is C23H18F3NO3S. The Bertz CT molecular complexity index is 1260. The Balaban J connectivity index is 1.69. The fraction of sp³-hybridized carbons (Fsp3) is 0.217. The molecule has 0 fully saturated rings. The van der Waals surface area contributed by atoms with Crippen LogP contribution < -0.4 is 0 Å². The number of hydrogen-bond acceptors (Lipinski definition) is 5. The van der Waals surface area contributed by atoms with E-state index in [4.69, 9.17) is 9.15 Å². The van der Waals surface area contributed by atoms with Crippen LogP contribution >= 0.6 is 11.3 Å². The summed E-state index contributed by atoms with van der Waals surface area (Å²) in [5.41, 5.74) is 1.08. The third kappa shape index (κ3) is 4.34. The number of aryl methyl sites for hydroxylation is 1. The van der Waals surface area contributed by atoms with Crippen LogP contribution in [0.25, 0.3) is 21.5 Å². The van der Waals surface area contributed by atoms with Gasteiger partial charge in [0.2, 0.25) is 11.7 Å². The number of benzene rings is 2. The minimum atomic E-state index is -4.37. The molecule has 0 spiro atoms. The van der Waals surface area contributed by atoms with Gasteiger partial charge in [0.15, 0.2) is 0 Å². The van der Waals surface area contributed by atoms with Crippen LogP contribution in [0.15, 0.2) is 52.9 Å². The van der Waals surface area contributed by atoms with Gasteiger partial charge < -0.3 is 9.15 Å². The van der Waals surface area contributed by atoms with Crippen molar-refractivity contribution in [3.05, 3.63) is 76.0 Å². The number of alkyl halides is 3. The van der Waals surface area contributed by atoms with Gasteiger partial charge in [-0.05, 0) is 43.0 Å². The summed E-state index contributed by atoms with van der Waals surface area (Å²) in [6.07, 6.45) is -4.00. The average Bonchev–Trinajstić information content (AvgIpc) is 3.30. The van der Waals surface area contributed by atoms with Crippen LogP contribution in [0.2, 0.25) is 0 Å². The molecule has 0 saturated heterocycles. The van der Waals surface area contributed by atoms with Crippen molar-refractivity contribution >= 4 is 27.4 Å². The number of aromatic nitrogens is 1. The zero-order valence-corrected chi connectivity index (χ0v) is 17.6. The van der Waals surface area contributed by atoms with Crippen molar-refractivity contribution < 1.29 is 27.1 Å². The summed E-state index contributed by atoms with van der Waals surface area (Å²) < 4.78 is 50.6. The highest BCUT2D eigenvalue weighted by Gasteiger charge is 2.30. The van der Waals surface area contributed by atoms with Crippen LogP contribution in [-0.2, 0) is 17.3 Å². The molecule has 31 heavy (non-hydrogen) atoms. The van der Waals surface area contributed by atoms with Crippen molar-refractivity contribution in [1.82, 2.24) is 4.98 Å². The molecule has 0 amide bonds. The molecule has 0 aliphatic rings. The molecule has 160 valence electrons. The van der Waals surface area contributed by atoms with Gasteiger partial charge in [0.1, 0.15) is 0 Å². The molecule has 0 unspecified atom stereocenters. The lowest BCUT2D eigenvalue weighted by Crippen LogP contribution is -2.05. The average molecular weight is 445 g/mol. The van der Waals surface area contributed by atoms with E-state index in [0.717, 1.165) is 26.6 Å². The van der Waals surface area contributed by atoms with E-state index in [9.17, 15) is 18.0 Å². The molecular weight excluding hydrogens is 427 g/mol. The lowest BCUT2D eigenvalue weighted by Gasteiger charge is -2.08. The molecule has 4 nitrogen and oxygen atoms in total. The fourth-order valence-electron chi connectivity index (χ4n) is 3.33. The standard InChI is InChI=1S/C23H18F3NO3S/c1-3-29-22(28)19-13(2)27-21(30-19)18-9-5-7-15-12-17(31-20(15)18)11-14-6-4-8-16(10-14)23(24,25)26/h4-10,12H,3,11H2,1-2H3. The number of carbonyl (C=O) groups is 1. The van der Waals surface area contributed by atoms with E-state index >= 15 is 0 Å². The number of ether oxygens (including phenoxy) is 1. The number of fused-ring (bicyclic) bond motifs is 1. The topological polar surface area (TPSA) is 52.3 Å². The Morgan fingerprint density at radius 3 is 2.68 bits per heavy atom. The molecule has 2 heterocycles. The number of esters is 1. The summed E-state index contributed by atoms with van der Waals surface area (Å²) in [6.45, 7) is 3.61. The SMILES string of the molecule is CCOC(=O)c1oc(-c2cccc3cc(Cc4cccc(C(F)(F)F)c4)sc23)nc1C. The monoisotopic (exact) mass is 445 g/mol. The van der Waals surface area contributed by atoms with Gasteiger partial charge in [-0.15, -0.1) is 11.3 Å². The summed E-state index contributed by atoms with van der Waals surface area (Å²) in [7, 11) is 0. The van der Waals surface area contributed by atoms with Crippen molar-refractivity contribution in [3.63, 3.8) is 0 Å². The first-order chi connectivity index (χ1) is 14.8. The van der Waals surface area contributed by atoms with Crippen LogP contribution in [0, 0.1) is 6.92 Å². The van der Waals surface area contributed by atoms with Gasteiger partial charge in [-0.25, -0.2) is 9.78 Å². The summed E-state index contributed by atoms with van der Waals surface area (Å²) in [4.78, 5) is 17.3. The van der Waals surface area contributed by atoms with Crippen LogP contribution in [0.5, 0.6) is 0 Å². The molecule has 8 heteroatoms. The van der Waals surface area contributed by atoms with Gasteiger partial charge in [0.05, 0.1) is 23.4 Å². The number of halogens is 3. The molecule has 0 bridgehead atoms. The Morgan fingerprint density at radius 2 is 1.94 bits per heavy atom. The summed E-state index contributed by atoms with van der Waals surface area (Å²) in [5.74, 6) is -0.199. The van der Waals surface area contributed by atoms with E-state index in [1.54, 1.807) is 19.9 Å². The van der Waals surface area contributed by atoms with E-state index in [-0.39, 0.29) is 12.4 Å². The largest absolute Gasteiger partial charge is 0.460 e. The van der Waals surface area contributed by atoms with Crippen molar-refractivity contribution in [2.75, 3.05) is 6.61 Å². The number of oxazole rings is 1. The normalized spacial score (nSPS) is 11.8. The molecule has 0 aliphatic heterocycles. The summed E-state index contributed by atoms with van der Waals surface area (Å²) in [6, 6.07) is 12.9. The molecule has 2 aromatic carbocycles. The first-order valence-corrected chi connectivity index (χ1v) is 10.4. The second-order valence-electron chi connectivity index (χ2n) is 6.97. The zero-order chi connectivity index (χ0) is 22.2. The quantitative estimate of drug-likeness (QED) is 0.323. The highest BCUT2D eigenvalue weighted by molar-refractivity contribution is 7.19. The van der Waals surface area contributed by atoms with Crippen molar-refractivity contribution in [1.29, 1.82) is 0 Å².